The van der Waals surface area contributed by atoms with Gasteiger partial charge in [0, 0.05) is 28.6 Å². The molecule has 6 aromatic rings. The Kier molecular flexibility index (Phi) is 21.9. The Morgan fingerprint density at radius 3 is 1.46 bits per heavy atom. The zero-order valence-electron chi connectivity index (χ0n) is 50.1. The van der Waals surface area contributed by atoms with Crippen molar-refractivity contribution < 1.29 is 37.5 Å². The van der Waals surface area contributed by atoms with Crippen LogP contribution < -0.4 is 18.3 Å². The fraction of sp³-hybridized carbons (Fsp3) is 0.243. The van der Waals surface area contributed by atoms with Crippen LogP contribution in [0.25, 0.3) is 22.8 Å². The third kappa shape index (κ3) is 15.0. The van der Waals surface area contributed by atoms with Crippen molar-refractivity contribution in [2.75, 3.05) is 14.2 Å². The summed E-state index contributed by atoms with van der Waals surface area (Å²) in [6.07, 6.45) is 19.1. The van der Waals surface area contributed by atoms with Crippen LogP contribution in [-0.4, -0.2) is 54.0 Å². The number of hydrogen-bond donors (Lipinski definition) is 0. The van der Waals surface area contributed by atoms with Gasteiger partial charge in [0.15, 0.2) is 34.6 Å². The molecule has 0 amide bonds. The number of allylic oxidation sites excluding steroid dienone is 12. The molecule has 0 fully saturated rings. The SMILES string of the molecule is C=CC(C=C)=Cc1ccc(O[Si](C)(C)CCCC)c(OC)c1.C=CC1=CC[C@H]2C(=O)C(c3ccccc3)=CC(=O)[C@@]2(c2ccccc2)[C@H]1c1ccc(O[Si](C)(C)CCCC)c(OC)c1.O=C1C=C(c2ccccc2)C(=O)C=C1c1ccccc1. The maximum absolute atomic E-state index is 14.7. The number of rotatable bonds is 21. The summed E-state index contributed by atoms with van der Waals surface area (Å²) < 4.78 is 24.3. The maximum atomic E-state index is 14.7. The van der Waals surface area contributed by atoms with E-state index in [-0.39, 0.29) is 23.1 Å². The third-order valence-electron chi connectivity index (χ3n) is 15.6. The Bertz CT molecular complexity index is 3420. The minimum absolute atomic E-state index is 0.00962. The molecular weight excluding hydrogens is 1070 g/mol. The number of ether oxygens (including phenoxy) is 2. The topological polar surface area (TPSA) is 105 Å². The molecule has 84 heavy (non-hydrogen) atoms. The van der Waals surface area contributed by atoms with Gasteiger partial charge in [0.25, 0.3) is 0 Å². The second-order valence-electron chi connectivity index (χ2n) is 22.4. The van der Waals surface area contributed by atoms with Crippen molar-refractivity contribution in [3.8, 4) is 23.0 Å². The van der Waals surface area contributed by atoms with Crippen molar-refractivity contribution in [2.45, 2.75) is 95.6 Å². The van der Waals surface area contributed by atoms with E-state index in [1.165, 1.54) is 25.0 Å². The van der Waals surface area contributed by atoms with Crippen molar-refractivity contribution in [1.82, 2.24) is 0 Å². The van der Waals surface area contributed by atoms with E-state index in [9.17, 15) is 19.2 Å². The number of fused-ring (bicyclic) bond motifs is 1. The average molecular weight is 1150 g/mol. The fourth-order valence-electron chi connectivity index (χ4n) is 11.2. The van der Waals surface area contributed by atoms with Crippen molar-refractivity contribution in [3.63, 3.8) is 0 Å². The summed E-state index contributed by atoms with van der Waals surface area (Å²) in [6, 6.07) is 52.0. The van der Waals surface area contributed by atoms with Crippen molar-refractivity contribution in [2.24, 2.45) is 5.92 Å². The lowest BCUT2D eigenvalue weighted by Crippen LogP contribution is -2.54. The van der Waals surface area contributed by atoms with Gasteiger partial charge in [-0.15, -0.1) is 0 Å². The minimum Gasteiger partial charge on any atom is -0.542 e. The van der Waals surface area contributed by atoms with E-state index in [2.05, 4.69) is 65.8 Å². The maximum Gasteiger partial charge on any atom is 0.245 e. The summed E-state index contributed by atoms with van der Waals surface area (Å²) >= 11 is 0. The first kappa shape index (κ1) is 63.1. The highest BCUT2D eigenvalue weighted by Crippen LogP contribution is 2.57. The molecule has 9 rings (SSSR count). The van der Waals surface area contributed by atoms with Gasteiger partial charge < -0.3 is 18.3 Å². The number of ketones is 4. The Labute approximate surface area is 500 Å². The minimum atomic E-state index is -1.96. The first-order valence-corrected chi connectivity index (χ1v) is 35.3. The van der Waals surface area contributed by atoms with Crippen LogP contribution in [0, 0.1) is 5.92 Å². The first-order chi connectivity index (χ1) is 40.5. The molecule has 8 nitrogen and oxygen atoms in total. The van der Waals surface area contributed by atoms with Gasteiger partial charge in [0.2, 0.25) is 16.6 Å². The lowest BCUT2D eigenvalue weighted by Gasteiger charge is -2.49. The summed E-state index contributed by atoms with van der Waals surface area (Å²) in [5.41, 5.74) is 7.26. The van der Waals surface area contributed by atoms with Gasteiger partial charge in [-0.1, -0.05) is 217 Å². The number of carbonyl (C=O) groups is 4. The van der Waals surface area contributed by atoms with Gasteiger partial charge in [-0.05, 0) is 138 Å². The lowest BCUT2D eigenvalue weighted by molar-refractivity contribution is -0.131. The zero-order valence-corrected chi connectivity index (χ0v) is 52.1. The van der Waals surface area contributed by atoms with Crippen molar-refractivity contribution in [3.05, 3.63) is 265 Å². The number of methoxy groups -OCH3 is 2. The normalized spacial score (nSPS) is 17.4. The third-order valence-corrected chi connectivity index (χ3v) is 20.2. The summed E-state index contributed by atoms with van der Waals surface area (Å²) in [7, 11) is -0.334. The van der Waals surface area contributed by atoms with Crippen molar-refractivity contribution in [1.29, 1.82) is 0 Å². The van der Waals surface area contributed by atoms with Gasteiger partial charge in [-0.25, -0.2) is 0 Å². The van der Waals surface area contributed by atoms with Crippen molar-refractivity contribution >= 4 is 62.6 Å². The molecule has 0 saturated heterocycles. The van der Waals surface area contributed by atoms with Crippen LogP contribution in [0.1, 0.15) is 85.3 Å². The molecule has 0 radical (unpaired) electrons. The molecule has 0 spiro atoms. The summed E-state index contributed by atoms with van der Waals surface area (Å²) in [4.78, 5) is 53.5. The molecule has 0 saturated carbocycles. The number of hydrogen-bond acceptors (Lipinski definition) is 8. The molecule has 0 aromatic heterocycles. The molecular formula is C74H80O8Si2. The second kappa shape index (κ2) is 29.2. The number of Topliss-reactive ketones (excluding diaryl/α,β-unsaturated/α-hetero) is 1. The highest BCUT2D eigenvalue weighted by Gasteiger charge is 2.59. The standard InChI is InChI=1S/C37H40O4Si.C19H28O2Si.C18H12O2/c1-6-8-23-42(4,5)41-32-22-20-28(24-33(32)40-3)35-26(7-2)19-21-31-36(39)30(27-15-11-9-12-16-27)25-34(38)37(31,35)29-17-13-10-14-18-29;1-7-10-13-22(5,6)21-18-12-11-17(15-19(18)20-4)14-16(8-2)9-3;19-17-12-16(14-9-5-2-6-10-14)18(20)11-15(17)13-7-3-1-4-8-13/h7,9-20,22,24-25,31,35H,2,6,8,21,23H2,1,3-5H3;8-9,11-12,14-15H,2-3,7,10,13H2,1,4-6H3;1-12H/t31-,35+,37-;;/m0../s1. The zero-order chi connectivity index (χ0) is 60.4. The predicted octanol–water partition coefficient (Wildman–Crippen LogP) is 17.6. The monoisotopic (exact) mass is 1150 g/mol. The molecule has 0 heterocycles. The summed E-state index contributed by atoms with van der Waals surface area (Å²) in [5, 5.41) is 0. The van der Waals surface area contributed by atoms with Gasteiger partial charge in [0.1, 0.15) is 11.5 Å². The Balaban J connectivity index is 0.000000202. The van der Waals surface area contributed by atoms with Crippen LogP contribution in [0.3, 0.4) is 0 Å². The average Bonchev–Trinajstić information content (AvgIpc) is 0.742. The van der Waals surface area contributed by atoms with Crippen LogP contribution >= 0.6 is 0 Å². The Hall–Kier alpha value is -8.45. The van der Waals surface area contributed by atoms with E-state index in [0.717, 1.165) is 86.7 Å². The largest absolute Gasteiger partial charge is 0.542 e. The summed E-state index contributed by atoms with van der Waals surface area (Å²) in [6.45, 7) is 25.1. The highest BCUT2D eigenvalue weighted by molar-refractivity contribution is 6.72. The van der Waals surface area contributed by atoms with E-state index in [0.29, 0.717) is 28.9 Å². The van der Waals surface area contributed by atoms with Crippen LogP contribution in [0.5, 0.6) is 23.0 Å². The molecule has 3 aliphatic rings. The van der Waals surface area contributed by atoms with E-state index in [1.54, 1.807) is 32.4 Å². The molecule has 0 aliphatic heterocycles. The second-order valence-corrected chi connectivity index (χ2v) is 30.8. The van der Waals surface area contributed by atoms with Gasteiger partial charge >= 0.3 is 0 Å². The number of unbranched alkanes of at least 4 members (excludes halogenated alkanes) is 2. The highest BCUT2D eigenvalue weighted by atomic mass is 28.4. The lowest BCUT2D eigenvalue weighted by atomic mass is 9.50. The number of carbonyl (C=O) groups excluding carboxylic acids is 4. The van der Waals surface area contributed by atoms with E-state index in [4.69, 9.17) is 18.3 Å². The van der Waals surface area contributed by atoms with Crippen LogP contribution in [0.15, 0.2) is 231 Å². The fourth-order valence-corrected chi connectivity index (χ4v) is 15.4. The molecule has 3 atom stereocenters. The van der Waals surface area contributed by atoms with Gasteiger partial charge in [-0.3, -0.25) is 19.2 Å². The molecule has 10 heteroatoms. The molecule has 0 bridgehead atoms. The predicted molar refractivity (Wildman–Crippen MR) is 351 cm³/mol. The van der Waals surface area contributed by atoms with E-state index >= 15 is 0 Å². The van der Waals surface area contributed by atoms with Crippen LogP contribution in [-0.2, 0) is 24.6 Å². The van der Waals surface area contributed by atoms with E-state index in [1.807, 2.05) is 170 Å². The molecule has 0 unspecified atom stereocenters. The summed E-state index contributed by atoms with van der Waals surface area (Å²) in [5.74, 6) is 1.63. The van der Waals surface area contributed by atoms with E-state index < -0.39 is 33.9 Å². The molecule has 432 valence electrons. The molecule has 0 N–H and O–H groups in total. The molecule has 3 aliphatic carbocycles. The van der Waals surface area contributed by atoms with Crippen LogP contribution in [0.2, 0.25) is 38.3 Å². The number of benzene rings is 6. The smallest absolute Gasteiger partial charge is 0.245 e. The quantitative estimate of drug-likeness (QED) is 0.0399. The Morgan fingerprint density at radius 2 is 1.01 bits per heavy atom. The van der Waals surface area contributed by atoms with Crippen LogP contribution in [0.4, 0.5) is 0 Å². The van der Waals surface area contributed by atoms with Gasteiger partial charge in [0.05, 0.1) is 19.6 Å². The Morgan fingerprint density at radius 1 is 0.560 bits per heavy atom. The van der Waals surface area contributed by atoms with Gasteiger partial charge in [-0.2, -0.15) is 0 Å². The molecule has 6 aromatic carbocycles. The first-order valence-electron chi connectivity index (χ1n) is 29.0.